The lowest BCUT2D eigenvalue weighted by atomic mass is 10.3. The van der Waals surface area contributed by atoms with Crippen molar-refractivity contribution >= 4 is 5.91 Å². The van der Waals surface area contributed by atoms with Crippen molar-refractivity contribution in [3.8, 4) is 0 Å². The lowest BCUT2D eigenvalue weighted by Crippen LogP contribution is -2.35. The molecule has 1 rings (SSSR count). The summed E-state index contributed by atoms with van der Waals surface area (Å²) in [5, 5.41) is 9.88. The van der Waals surface area contributed by atoms with Crippen LogP contribution in [0.15, 0.2) is 18.3 Å². The fraction of sp³-hybridized carbons (Fsp3) is 0.375. The Hall–Kier alpha value is -1.49. The van der Waals surface area contributed by atoms with E-state index in [0.29, 0.717) is 12.2 Å². The second kappa shape index (κ2) is 4.51. The summed E-state index contributed by atoms with van der Waals surface area (Å²) in [6, 6.07) is 3.21. The molecule has 0 spiro atoms. The summed E-state index contributed by atoms with van der Waals surface area (Å²) >= 11 is 0. The Kier molecular flexibility index (Phi) is 3.33. The van der Waals surface area contributed by atoms with Gasteiger partial charge in [0.05, 0.1) is 0 Å². The summed E-state index contributed by atoms with van der Waals surface area (Å²) < 4.78 is 0. The molecule has 1 atom stereocenters. The molecular weight excluding hydrogens is 168 g/mol. The second-order valence-corrected chi connectivity index (χ2v) is 2.80. The molecule has 0 aromatic carbocycles. The molecule has 1 aromatic heterocycles. The maximum Gasteiger partial charge on any atom is 0.271 e. The Morgan fingerprint density at radius 1 is 1.77 bits per heavy atom. The molecule has 1 aromatic rings. The third kappa shape index (κ3) is 3.16. The number of carbonyl (C=O) groups is 1. The predicted octanol–water partition coefficient (Wildman–Crippen LogP) is -0.446. The van der Waals surface area contributed by atoms with Gasteiger partial charge in [-0.25, -0.2) is 0 Å². The summed E-state index contributed by atoms with van der Waals surface area (Å²) in [5.41, 5.74) is 5.78. The largest absolute Gasteiger partial charge is 0.349 e. The van der Waals surface area contributed by atoms with Gasteiger partial charge in [0.15, 0.2) is 5.69 Å². The Bertz CT molecular complexity index is 273. The monoisotopic (exact) mass is 180 g/mol. The van der Waals surface area contributed by atoms with Crippen LogP contribution in [0.2, 0.25) is 0 Å². The van der Waals surface area contributed by atoms with E-state index in [4.69, 9.17) is 5.73 Å². The van der Waals surface area contributed by atoms with Gasteiger partial charge in [-0.15, -0.1) is 5.10 Å². The first-order valence-corrected chi connectivity index (χ1v) is 4.01. The molecule has 0 aliphatic heterocycles. The van der Waals surface area contributed by atoms with Crippen molar-refractivity contribution in [3.05, 3.63) is 24.0 Å². The van der Waals surface area contributed by atoms with Crippen molar-refractivity contribution < 1.29 is 4.79 Å². The SMILES string of the molecule is CC(N)CNC(=O)c1cccnn1. The van der Waals surface area contributed by atoms with Crippen LogP contribution in [0.1, 0.15) is 17.4 Å². The van der Waals surface area contributed by atoms with Crippen LogP contribution in [0, 0.1) is 0 Å². The van der Waals surface area contributed by atoms with Gasteiger partial charge in [0, 0.05) is 18.8 Å². The fourth-order valence-corrected chi connectivity index (χ4v) is 0.767. The molecule has 0 aliphatic rings. The van der Waals surface area contributed by atoms with Crippen molar-refractivity contribution in [2.24, 2.45) is 5.73 Å². The minimum Gasteiger partial charge on any atom is -0.349 e. The zero-order valence-corrected chi connectivity index (χ0v) is 7.40. The van der Waals surface area contributed by atoms with E-state index in [0.717, 1.165) is 0 Å². The normalized spacial score (nSPS) is 12.2. The van der Waals surface area contributed by atoms with Gasteiger partial charge in [0.1, 0.15) is 0 Å². The molecule has 70 valence electrons. The van der Waals surface area contributed by atoms with Crippen LogP contribution in [-0.2, 0) is 0 Å². The minimum atomic E-state index is -0.245. The molecule has 3 N–H and O–H groups in total. The van der Waals surface area contributed by atoms with Gasteiger partial charge in [-0.3, -0.25) is 4.79 Å². The van der Waals surface area contributed by atoms with Gasteiger partial charge in [-0.05, 0) is 19.1 Å². The average molecular weight is 180 g/mol. The summed E-state index contributed by atoms with van der Waals surface area (Å²) in [6.45, 7) is 2.26. The van der Waals surface area contributed by atoms with Crippen LogP contribution in [0.5, 0.6) is 0 Å². The first-order chi connectivity index (χ1) is 6.20. The van der Waals surface area contributed by atoms with Crippen LogP contribution in [0.25, 0.3) is 0 Å². The summed E-state index contributed by atoms with van der Waals surface area (Å²) in [7, 11) is 0. The maximum absolute atomic E-state index is 11.3. The van der Waals surface area contributed by atoms with Crippen LogP contribution >= 0.6 is 0 Å². The number of nitrogens with two attached hydrogens (primary N) is 1. The number of amides is 1. The third-order valence-corrected chi connectivity index (χ3v) is 1.39. The zero-order chi connectivity index (χ0) is 9.68. The molecule has 0 aliphatic carbocycles. The van der Waals surface area contributed by atoms with E-state index in [1.807, 2.05) is 6.92 Å². The molecule has 1 unspecified atom stereocenters. The zero-order valence-electron chi connectivity index (χ0n) is 7.40. The number of aromatic nitrogens is 2. The van der Waals surface area contributed by atoms with E-state index in [9.17, 15) is 4.79 Å². The highest BCUT2D eigenvalue weighted by Crippen LogP contribution is 1.89. The van der Waals surface area contributed by atoms with Crippen LogP contribution in [-0.4, -0.2) is 28.7 Å². The van der Waals surface area contributed by atoms with E-state index in [1.165, 1.54) is 6.20 Å². The topological polar surface area (TPSA) is 80.9 Å². The number of hydrogen-bond acceptors (Lipinski definition) is 4. The van der Waals surface area contributed by atoms with Crippen molar-refractivity contribution in [3.63, 3.8) is 0 Å². The summed E-state index contributed by atoms with van der Waals surface area (Å²) in [5.74, 6) is -0.245. The molecule has 0 radical (unpaired) electrons. The molecule has 0 bridgehead atoms. The highest BCUT2D eigenvalue weighted by molar-refractivity contribution is 5.91. The van der Waals surface area contributed by atoms with E-state index in [-0.39, 0.29) is 11.9 Å². The van der Waals surface area contributed by atoms with Gasteiger partial charge in [-0.1, -0.05) is 0 Å². The average Bonchev–Trinajstić information content (AvgIpc) is 2.15. The molecule has 5 heteroatoms. The van der Waals surface area contributed by atoms with Gasteiger partial charge in [0.2, 0.25) is 0 Å². The first-order valence-electron chi connectivity index (χ1n) is 4.01. The first kappa shape index (κ1) is 9.60. The van der Waals surface area contributed by atoms with E-state index < -0.39 is 0 Å². The Labute approximate surface area is 76.4 Å². The van der Waals surface area contributed by atoms with E-state index >= 15 is 0 Å². The van der Waals surface area contributed by atoms with Crippen LogP contribution in [0.3, 0.4) is 0 Å². The Morgan fingerprint density at radius 2 is 2.54 bits per heavy atom. The number of hydrogen-bond donors (Lipinski definition) is 2. The minimum absolute atomic E-state index is 0.0550. The van der Waals surface area contributed by atoms with Crippen LogP contribution in [0.4, 0.5) is 0 Å². The Morgan fingerprint density at radius 3 is 3.08 bits per heavy atom. The van der Waals surface area contributed by atoms with Gasteiger partial charge in [-0.2, -0.15) is 5.10 Å². The molecule has 5 nitrogen and oxygen atoms in total. The van der Waals surface area contributed by atoms with Crippen LogP contribution < -0.4 is 11.1 Å². The van der Waals surface area contributed by atoms with Gasteiger partial charge >= 0.3 is 0 Å². The smallest absolute Gasteiger partial charge is 0.271 e. The Balaban J connectivity index is 2.50. The van der Waals surface area contributed by atoms with Gasteiger partial charge in [0.25, 0.3) is 5.91 Å². The van der Waals surface area contributed by atoms with Crippen molar-refractivity contribution in [2.75, 3.05) is 6.54 Å². The fourth-order valence-electron chi connectivity index (χ4n) is 0.767. The number of nitrogens with zero attached hydrogens (tertiary/aromatic N) is 2. The predicted molar refractivity (Wildman–Crippen MR) is 48.0 cm³/mol. The van der Waals surface area contributed by atoms with E-state index in [2.05, 4.69) is 15.5 Å². The number of carbonyl (C=O) groups excluding carboxylic acids is 1. The highest BCUT2D eigenvalue weighted by Gasteiger charge is 2.06. The maximum atomic E-state index is 11.3. The molecule has 0 fully saturated rings. The highest BCUT2D eigenvalue weighted by atomic mass is 16.1. The summed E-state index contributed by atoms with van der Waals surface area (Å²) in [6.07, 6.45) is 1.52. The molecule has 13 heavy (non-hydrogen) atoms. The summed E-state index contributed by atoms with van der Waals surface area (Å²) in [4.78, 5) is 11.3. The molecular formula is C8H12N4O. The van der Waals surface area contributed by atoms with E-state index in [1.54, 1.807) is 12.1 Å². The number of nitrogens with one attached hydrogen (secondary N) is 1. The second-order valence-electron chi connectivity index (χ2n) is 2.80. The van der Waals surface area contributed by atoms with Crippen molar-refractivity contribution in [2.45, 2.75) is 13.0 Å². The molecule has 0 saturated carbocycles. The third-order valence-electron chi connectivity index (χ3n) is 1.39. The standard InChI is InChI=1S/C8H12N4O/c1-6(9)5-10-8(13)7-3-2-4-11-12-7/h2-4,6H,5,9H2,1H3,(H,10,13). The van der Waals surface area contributed by atoms with Crippen molar-refractivity contribution in [1.29, 1.82) is 0 Å². The lowest BCUT2D eigenvalue weighted by molar-refractivity contribution is 0.0945. The number of rotatable bonds is 3. The quantitative estimate of drug-likeness (QED) is 0.660. The molecule has 1 amide bonds. The molecule has 1 heterocycles. The molecule has 0 saturated heterocycles. The van der Waals surface area contributed by atoms with Gasteiger partial charge < -0.3 is 11.1 Å². The van der Waals surface area contributed by atoms with Crippen molar-refractivity contribution in [1.82, 2.24) is 15.5 Å². The lowest BCUT2D eigenvalue weighted by Gasteiger charge is -2.05.